The fourth-order valence-corrected chi connectivity index (χ4v) is 3.63. The molecule has 0 unspecified atom stereocenters. The molecule has 4 rings (SSSR count). The number of benzene rings is 2. The summed E-state index contributed by atoms with van der Waals surface area (Å²) in [4.78, 5) is 38.3. The fourth-order valence-electron chi connectivity index (χ4n) is 3.63. The van der Waals surface area contributed by atoms with Gasteiger partial charge in [0.15, 0.2) is 5.82 Å². The minimum atomic E-state index is -0.505. The van der Waals surface area contributed by atoms with Crippen LogP contribution in [0.4, 0.5) is 5.82 Å². The van der Waals surface area contributed by atoms with Gasteiger partial charge < -0.3 is 14.5 Å². The van der Waals surface area contributed by atoms with Gasteiger partial charge in [-0.25, -0.2) is 14.8 Å². The average molecular weight is 390 g/mol. The van der Waals surface area contributed by atoms with E-state index in [2.05, 4.69) is 9.88 Å². The highest BCUT2D eigenvalue weighted by Gasteiger charge is 2.27. The van der Waals surface area contributed by atoms with Crippen LogP contribution in [-0.4, -0.2) is 60.0 Å². The number of carbonyl (C=O) groups is 2. The summed E-state index contributed by atoms with van der Waals surface area (Å²) in [6.45, 7) is 4.35. The van der Waals surface area contributed by atoms with Gasteiger partial charge in [0.05, 0.1) is 35.0 Å². The van der Waals surface area contributed by atoms with Gasteiger partial charge in [-0.05, 0) is 31.2 Å². The van der Waals surface area contributed by atoms with E-state index >= 15 is 0 Å². The lowest BCUT2D eigenvalue weighted by molar-refractivity contribution is 0.0589. The monoisotopic (exact) mass is 390 g/mol. The van der Waals surface area contributed by atoms with Crippen LogP contribution in [0.2, 0.25) is 0 Å². The first-order chi connectivity index (χ1) is 14.1. The van der Waals surface area contributed by atoms with Gasteiger partial charge in [0.25, 0.3) is 5.91 Å². The lowest BCUT2D eigenvalue weighted by atomic mass is 10.1. The molecule has 7 nitrogen and oxygen atoms in total. The quantitative estimate of drug-likeness (QED) is 0.640. The maximum atomic E-state index is 13.0. The molecule has 7 heteroatoms. The van der Waals surface area contributed by atoms with E-state index in [1.54, 1.807) is 29.2 Å². The number of methoxy groups -OCH3 is 1. The summed E-state index contributed by atoms with van der Waals surface area (Å²) < 4.78 is 4.80. The number of hydrogen-bond donors (Lipinski definition) is 0. The number of aryl methyl sites for hydroxylation is 1. The smallest absolute Gasteiger partial charge is 0.338 e. The lowest BCUT2D eigenvalue weighted by Crippen LogP contribution is -2.49. The third-order valence-corrected chi connectivity index (χ3v) is 5.15. The summed E-state index contributed by atoms with van der Waals surface area (Å²) >= 11 is 0. The van der Waals surface area contributed by atoms with Crippen molar-refractivity contribution in [3.63, 3.8) is 0 Å². The Morgan fingerprint density at radius 2 is 1.45 bits per heavy atom. The molecule has 29 heavy (non-hydrogen) atoms. The Balaban J connectivity index is 1.51. The number of anilines is 1. The molecule has 148 valence electrons. The van der Waals surface area contributed by atoms with Crippen molar-refractivity contribution in [1.29, 1.82) is 0 Å². The first-order valence-electron chi connectivity index (χ1n) is 9.53. The zero-order valence-corrected chi connectivity index (χ0v) is 16.5. The lowest BCUT2D eigenvalue weighted by Gasteiger charge is -2.36. The molecule has 1 fully saturated rings. The summed E-state index contributed by atoms with van der Waals surface area (Å²) in [6, 6.07) is 14.6. The van der Waals surface area contributed by atoms with Gasteiger partial charge in [-0.15, -0.1) is 0 Å². The van der Waals surface area contributed by atoms with Crippen LogP contribution >= 0.6 is 0 Å². The number of rotatable bonds is 3. The summed E-state index contributed by atoms with van der Waals surface area (Å²) in [5.74, 6) is 0.187. The van der Waals surface area contributed by atoms with Gasteiger partial charge in [-0.2, -0.15) is 0 Å². The van der Waals surface area contributed by atoms with Gasteiger partial charge in [0.2, 0.25) is 0 Å². The molecule has 0 aliphatic carbocycles. The first kappa shape index (κ1) is 18.9. The van der Waals surface area contributed by atoms with E-state index in [1.807, 2.05) is 31.2 Å². The molecule has 0 spiro atoms. The number of amides is 1. The molecule has 0 radical (unpaired) electrons. The summed E-state index contributed by atoms with van der Waals surface area (Å²) in [5, 5.41) is 0. The Morgan fingerprint density at radius 3 is 2.10 bits per heavy atom. The van der Waals surface area contributed by atoms with Crippen molar-refractivity contribution in [2.24, 2.45) is 0 Å². The molecule has 0 atom stereocenters. The van der Waals surface area contributed by atoms with Crippen molar-refractivity contribution in [3.8, 4) is 0 Å². The van der Waals surface area contributed by atoms with Crippen LogP contribution in [0.5, 0.6) is 0 Å². The van der Waals surface area contributed by atoms with Crippen molar-refractivity contribution >= 4 is 28.7 Å². The molecule has 0 bridgehead atoms. The number of fused-ring (bicyclic) bond motifs is 1. The van der Waals surface area contributed by atoms with Crippen molar-refractivity contribution in [3.05, 3.63) is 65.4 Å². The van der Waals surface area contributed by atoms with Gasteiger partial charge in [-0.1, -0.05) is 24.3 Å². The number of hydrogen-bond acceptors (Lipinski definition) is 6. The Bertz CT molecular complexity index is 1070. The van der Waals surface area contributed by atoms with Crippen LogP contribution in [0, 0.1) is 6.92 Å². The Hall–Kier alpha value is -3.48. The number of ether oxygens (including phenoxy) is 1. The highest BCUT2D eigenvalue weighted by molar-refractivity contribution is 6.05. The highest BCUT2D eigenvalue weighted by Crippen LogP contribution is 2.22. The van der Waals surface area contributed by atoms with Crippen molar-refractivity contribution < 1.29 is 14.3 Å². The topological polar surface area (TPSA) is 75.6 Å². The molecule has 1 amide bonds. The molecule has 2 aromatic carbocycles. The molecular weight excluding hydrogens is 368 g/mol. The van der Waals surface area contributed by atoms with Crippen LogP contribution in [0.1, 0.15) is 26.4 Å². The number of aromatic nitrogens is 2. The molecule has 3 aromatic rings. The number of para-hydroxylation sites is 2. The SMILES string of the molecule is COC(=O)c1ccccc1C(=O)N1CCN(c2nc3ccccc3nc2C)CC1. The van der Waals surface area contributed by atoms with Gasteiger partial charge in [0, 0.05) is 26.2 Å². The average Bonchev–Trinajstić information content (AvgIpc) is 2.77. The summed E-state index contributed by atoms with van der Waals surface area (Å²) in [7, 11) is 1.31. The number of nitrogens with zero attached hydrogens (tertiary/aromatic N) is 4. The normalized spacial score (nSPS) is 14.1. The molecule has 1 aliphatic rings. The van der Waals surface area contributed by atoms with E-state index < -0.39 is 5.97 Å². The second kappa shape index (κ2) is 7.87. The van der Waals surface area contributed by atoms with Crippen molar-refractivity contribution in [1.82, 2.24) is 14.9 Å². The highest BCUT2D eigenvalue weighted by atomic mass is 16.5. The molecule has 1 aliphatic heterocycles. The zero-order chi connectivity index (χ0) is 20.4. The van der Waals surface area contributed by atoms with E-state index in [9.17, 15) is 9.59 Å². The molecule has 1 saturated heterocycles. The van der Waals surface area contributed by atoms with E-state index in [-0.39, 0.29) is 5.91 Å². The van der Waals surface area contributed by atoms with Crippen molar-refractivity contribution in [2.45, 2.75) is 6.92 Å². The minimum Gasteiger partial charge on any atom is -0.465 e. The van der Waals surface area contributed by atoms with Crippen LogP contribution in [0.25, 0.3) is 11.0 Å². The third kappa shape index (κ3) is 3.63. The number of esters is 1. The third-order valence-electron chi connectivity index (χ3n) is 5.15. The molecule has 0 saturated carbocycles. The van der Waals surface area contributed by atoms with Crippen LogP contribution in [0.3, 0.4) is 0 Å². The maximum Gasteiger partial charge on any atom is 0.338 e. The van der Waals surface area contributed by atoms with Crippen LogP contribution in [0.15, 0.2) is 48.5 Å². The Labute approximate surface area is 168 Å². The largest absolute Gasteiger partial charge is 0.465 e. The summed E-state index contributed by atoms with van der Waals surface area (Å²) in [6.07, 6.45) is 0. The fraction of sp³-hybridized carbons (Fsp3) is 0.273. The summed E-state index contributed by atoms with van der Waals surface area (Å²) in [5.41, 5.74) is 3.27. The van der Waals surface area contributed by atoms with E-state index in [4.69, 9.17) is 9.72 Å². The predicted octanol–water partition coefficient (Wildman–Crippen LogP) is 2.69. The van der Waals surface area contributed by atoms with E-state index in [0.29, 0.717) is 37.3 Å². The standard InChI is InChI=1S/C22H22N4O3/c1-15-20(24-19-10-6-5-9-18(19)23-15)25-11-13-26(14-12-25)21(27)16-7-3-4-8-17(16)22(28)29-2/h3-10H,11-14H2,1-2H3. The molecule has 0 N–H and O–H groups in total. The Kier molecular flexibility index (Phi) is 5.12. The van der Waals surface area contributed by atoms with Crippen LogP contribution in [-0.2, 0) is 4.74 Å². The van der Waals surface area contributed by atoms with E-state index in [1.165, 1.54) is 7.11 Å². The second-order valence-corrected chi connectivity index (χ2v) is 6.94. The number of piperazine rings is 1. The van der Waals surface area contributed by atoms with Gasteiger partial charge in [0.1, 0.15) is 0 Å². The second-order valence-electron chi connectivity index (χ2n) is 6.94. The zero-order valence-electron chi connectivity index (χ0n) is 16.5. The molecule has 1 aromatic heterocycles. The molecule has 2 heterocycles. The van der Waals surface area contributed by atoms with Gasteiger partial charge >= 0.3 is 5.97 Å². The van der Waals surface area contributed by atoms with Crippen molar-refractivity contribution in [2.75, 3.05) is 38.2 Å². The Morgan fingerprint density at radius 1 is 0.862 bits per heavy atom. The maximum absolute atomic E-state index is 13.0. The first-order valence-corrected chi connectivity index (χ1v) is 9.53. The number of carbonyl (C=O) groups excluding carboxylic acids is 2. The van der Waals surface area contributed by atoms with Crippen LogP contribution < -0.4 is 4.90 Å². The van der Waals surface area contributed by atoms with E-state index in [0.717, 1.165) is 22.5 Å². The predicted molar refractivity (Wildman–Crippen MR) is 110 cm³/mol. The molecular formula is C22H22N4O3. The van der Waals surface area contributed by atoms with Gasteiger partial charge in [-0.3, -0.25) is 4.79 Å². The minimum absolute atomic E-state index is 0.160.